The first kappa shape index (κ1) is 29.5. The van der Waals surface area contributed by atoms with E-state index < -0.39 is 24.1 Å². The molecule has 0 unspecified atom stereocenters. The van der Waals surface area contributed by atoms with E-state index in [1.807, 2.05) is 72.8 Å². The normalized spacial score (nSPS) is 11.5. The molecule has 220 valence electrons. The summed E-state index contributed by atoms with van der Waals surface area (Å²) in [5.41, 5.74) is 3.30. The molecule has 10 heteroatoms. The molecule has 0 aliphatic rings. The molecule has 5 rings (SSSR count). The number of benzene rings is 4. The van der Waals surface area contributed by atoms with Crippen molar-refractivity contribution in [2.75, 3.05) is 16.8 Å². The second kappa shape index (κ2) is 12.9. The highest BCUT2D eigenvalue weighted by Gasteiger charge is 2.33. The van der Waals surface area contributed by atoms with Crippen molar-refractivity contribution in [1.29, 1.82) is 0 Å². The number of amides is 1. The minimum absolute atomic E-state index is 0.113. The summed E-state index contributed by atoms with van der Waals surface area (Å²) in [5, 5.41) is 17.7. The summed E-state index contributed by atoms with van der Waals surface area (Å²) in [4.78, 5) is 15.8. The molecule has 0 radical (unpaired) electrons. The standard InChI is InChI=1S/C33H31F3N6O/c1-22(2)20-42(21-23-11-5-3-6-12-23)28-18-17-26(24-13-7-4-8-14-24)30(32-38-40-41-39-32)31(28)37-29(43)19-25-15-9-10-16-27(25)33(34,35)36/h3-18,22H,19-21H2,1-2H3,(H,37,43)(H,38,39,40,41). The lowest BCUT2D eigenvalue weighted by Crippen LogP contribution is -2.29. The van der Waals surface area contributed by atoms with Crippen LogP contribution in [0.4, 0.5) is 24.5 Å². The average molecular weight is 585 g/mol. The van der Waals surface area contributed by atoms with E-state index in [2.05, 4.69) is 44.7 Å². The number of aromatic amines is 1. The zero-order chi connectivity index (χ0) is 30.4. The Hall–Kier alpha value is -4.99. The van der Waals surface area contributed by atoms with Gasteiger partial charge in [-0.15, -0.1) is 10.2 Å². The Kier molecular flexibility index (Phi) is 8.85. The van der Waals surface area contributed by atoms with Crippen molar-refractivity contribution < 1.29 is 18.0 Å². The van der Waals surface area contributed by atoms with Gasteiger partial charge in [0, 0.05) is 13.1 Å². The number of rotatable bonds is 10. The molecule has 7 nitrogen and oxygen atoms in total. The largest absolute Gasteiger partial charge is 0.416 e. The number of carbonyl (C=O) groups excluding carboxylic acids is 1. The molecule has 2 N–H and O–H groups in total. The van der Waals surface area contributed by atoms with E-state index in [1.165, 1.54) is 18.2 Å². The smallest absolute Gasteiger partial charge is 0.365 e. The van der Waals surface area contributed by atoms with E-state index in [9.17, 15) is 18.0 Å². The molecule has 0 bridgehead atoms. The molecule has 0 atom stereocenters. The second-order valence-corrected chi connectivity index (χ2v) is 10.6. The van der Waals surface area contributed by atoms with Crippen LogP contribution in [0.5, 0.6) is 0 Å². The molecule has 4 aromatic carbocycles. The lowest BCUT2D eigenvalue weighted by atomic mass is 9.95. The van der Waals surface area contributed by atoms with Crippen molar-refractivity contribution in [2.24, 2.45) is 5.92 Å². The van der Waals surface area contributed by atoms with E-state index >= 15 is 0 Å². The van der Waals surface area contributed by atoms with Crippen LogP contribution in [0.15, 0.2) is 97.1 Å². The third kappa shape index (κ3) is 7.09. The van der Waals surface area contributed by atoms with Gasteiger partial charge in [-0.2, -0.15) is 18.4 Å². The summed E-state index contributed by atoms with van der Waals surface area (Å²) in [6.45, 7) is 5.38. The van der Waals surface area contributed by atoms with E-state index in [-0.39, 0.29) is 17.3 Å². The lowest BCUT2D eigenvalue weighted by molar-refractivity contribution is -0.138. The van der Waals surface area contributed by atoms with Crippen LogP contribution in [-0.4, -0.2) is 33.1 Å². The first-order chi connectivity index (χ1) is 20.7. The highest BCUT2D eigenvalue weighted by molar-refractivity contribution is 6.04. The van der Waals surface area contributed by atoms with Crippen LogP contribution in [0.1, 0.15) is 30.5 Å². The van der Waals surface area contributed by atoms with Crippen molar-refractivity contribution in [2.45, 2.75) is 33.0 Å². The van der Waals surface area contributed by atoms with Gasteiger partial charge in [0.15, 0.2) is 0 Å². The molecule has 0 fully saturated rings. The molecule has 5 aromatic rings. The van der Waals surface area contributed by atoms with Crippen molar-refractivity contribution >= 4 is 17.3 Å². The first-order valence-electron chi connectivity index (χ1n) is 13.9. The number of carbonyl (C=O) groups is 1. The van der Waals surface area contributed by atoms with Gasteiger partial charge in [-0.05, 0) is 45.5 Å². The molecule has 0 spiro atoms. The summed E-state index contributed by atoms with van der Waals surface area (Å²) < 4.78 is 41.2. The number of hydrogen-bond donors (Lipinski definition) is 2. The highest BCUT2D eigenvalue weighted by Crippen LogP contribution is 2.43. The van der Waals surface area contributed by atoms with Crippen LogP contribution >= 0.6 is 0 Å². The summed E-state index contributed by atoms with van der Waals surface area (Å²) in [5.74, 6) is -0.0960. The maximum atomic E-state index is 13.7. The molecule has 0 saturated heterocycles. The molecule has 1 heterocycles. The Bertz CT molecular complexity index is 1660. The monoisotopic (exact) mass is 584 g/mol. The van der Waals surface area contributed by atoms with E-state index in [4.69, 9.17) is 0 Å². The Labute approximate surface area is 247 Å². The molecular weight excluding hydrogens is 553 g/mol. The van der Waals surface area contributed by atoms with Crippen LogP contribution < -0.4 is 10.2 Å². The van der Waals surface area contributed by atoms with Crippen molar-refractivity contribution in [3.8, 4) is 22.5 Å². The van der Waals surface area contributed by atoms with Gasteiger partial charge in [0.25, 0.3) is 0 Å². The molecule has 0 aliphatic carbocycles. The van der Waals surface area contributed by atoms with Crippen LogP contribution in [0, 0.1) is 5.92 Å². The minimum atomic E-state index is -4.59. The number of hydrogen-bond acceptors (Lipinski definition) is 5. The van der Waals surface area contributed by atoms with Gasteiger partial charge in [0.05, 0.1) is 28.9 Å². The number of H-pyrrole nitrogens is 1. The topological polar surface area (TPSA) is 86.8 Å². The maximum Gasteiger partial charge on any atom is 0.416 e. The lowest BCUT2D eigenvalue weighted by Gasteiger charge is -2.30. The quantitative estimate of drug-likeness (QED) is 0.179. The molecule has 43 heavy (non-hydrogen) atoms. The second-order valence-electron chi connectivity index (χ2n) is 10.6. The van der Waals surface area contributed by atoms with Crippen LogP contribution in [-0.2, 0) is 23.9 Å². The predicted molar refractivity (Wildman–Crippen MR) is 161 cm³/mol. The number of tetrazole rings is 1. The highest BCUT2D eigenvalue weighted by atomic mass is 19.4. The summed E-state index contributed by atoms with van der Waals surface area (Å²) >= 11 is 0. The number of anilines is 2. The summed E-state index contributed by atoms with van der Waals surface area (Å²) in [6, 6.07) is 28.5. The average Bonchev–Trinajstić information content (AvgIpc) is 3.52. The number of halogens is 3. The Morgan fingerprint density at radius 1 is 0.907 bits per heavy atom. The number of nitrogens with one attached hydrogen (secondary N) is 2. The Morgan fingerprint density at radius 2 is 1.58 bits per heavy atom. The third-order valence-corrected chi connectivity index (χ3v) is 6.92. The molecule has 1 amide bonds. The van der Waals surface area contributed by atoms with Crippen LogP contribution in [0.3, 0.4) is 0 Å². The predicted octanol–water partition coefficient (Wildman–Crippen LogP) is 7.40. The first-order valence-corrected chi connectivity index (χ1v) is 13.9. The van der Waals surface area contributed by atoms with Gasteiger partial charge < -0.3 is 10.2 Å². The van der Waals surface area contributed by atoms with Crippen molar-refractivity contribution in [3.63, 3.8) is 0 Å². The van der Waals surface area contributed by atoms with E-state index in [1.54, 1.807) is 0 Å². The molecular formula is C33H31F3N6O. The fraction of sp³-hybridized carbons (Fsp3) is 0.212. The summed E-state index contributed by atoms with van der Waals surface area (Å²) in [7, 11) is 0. The SMILES string of the molecule is CC(C)CN(Cc1ccccc1)c1ccc(-c2ccccc2)c(-c2nn[nH]n2)c1NC(=O)Cc1ccccc1C(F)(F)F. The zero-order valence-corrected chi connectivity index (χ0v) is 23.8. The van der Waals surface area contributed by atoms with Crippen LogP contribution in [0.25, 0.3) is 22.5 Å². The van der Waals surface area contributed by atoms with E-state index in [0.717, 1.165) is 22.8 Å². The van der Waals surface area contributed by atoms with Crippen molar-refractivity contribution in [3.05, 3.63) is 114 Å². The van der Waals surface area contributed by atoms with Gasteiger partial charge in [0.2, 0.25) is 11.7 Å². The number of alkyl halides is 3. The van der Waals surface area contributed by atoms with Gasteiger partial charge >= 0.3 is 6.18 Å². The van der Waals surface area contributed by atoms with Gasteiger partial charge in [-0.25, -0.2) is 0 Å². The molecule has 1 aromatic heterocycles. The van der Waals surface area contributed by atoms with Gasteiger partial charge in [0.1, 0.15) is 0 Å². The molecule has 0 aliphatic heterocycles. The fourth-order valence-electron chi connectivity index (χ4n) is 5.14. The molecule has 0 saturated carbocycles. The third-order valence-electron chi connectivity index (χ3n) is 6.92. The fourth-order valence-corrected chi connectivity index (χ4v) is 5.14. The zero-order valence-electron chi connectivity index (χ0n) is 23.8. The minimum Gasteiger partial charge on any atom is -0.365 e. The van der Waals surface area contributed by atoms with Crippen LogP contribution in [0.2, 0.25) is 0 Å². The van der Waals surface area contributed by atoms with E-state index in [0.29, 0.717) is 30.0 Å². The maximum absolute atomic E-state index is 13.7. The summed E-state index contributed by atoms with van der Waals surface area (Å²) in [6.07, 6.45) is -5.06. The Balaban J connectivity index is 1.66. The van der Waals surface area contributed by atoms with Crippen molar-refractivity contribution in [1.82, 2.24) is 20.6 Å². The number of nitrogens with zero attached hydrogens (tertiary/aromatic N) is 4. The Morgan fingerprint density at radius 3 is 2.23 bits per heavy atom. The van der Waals surface area contributed by atoms with Gasteiger partial charge in [-0.1, -0.05) is 98.8 Å². The number of aromatic nitrogens is 4. The van der Waals surface area contributed by atoms with Gasteiger partial charge in [-0.3, -0.25) is 4.79 Å².